The van der Waals surface area contributed by atoms with Crippen LogP contribution in [0.2, 0.25) is 5.02 Å². The predicted octanol–water partition coefficient (Wildman–Crippen LogP) is 2.43. The van der Waals surface area contributed by atoms with Crippen molar-refractivity contribution in [3.8, 4) is 0 Å². The largest absolute Gasteiger partial charge is 0.239 e. The fourth-order valence-corrected chi connectivity index (χ4v) is 0.797. The second-order valence-electron chi connectivity index (χ2n) is 3.47. The molecule has 1 aromatic heterocycles. The van der Waals surface area contributed by atoms with E-state index in [0.717, 1.165) is 5.82 Å². The Bertz CT molecular complexity index is 235. The van der Waals surface area contributed by atoms with Gasteiger partial charge in [-0.3, -0.25) is 0 Å². The van der Waals surface area contributed by atoms with Gasteiger partial charge in [-0.1, -0.05) is 32.4 Å². The van der Waals surface area contributed by atoms with Crippen LogP contribution >= 0.6 is 11.6 Å². The molecule has 0 unspecified atom stereocenters. The maximum atomic E-state index is 5.64. The second-order valence-corrected chi connectivity index (χ2v) is 3.91. The molecule has 0 N–H and O–H groups in total. The van der Waals surface area contributed by atoms with Gasteiger partial charge in [0.15, 0.2) is 0 Å². The van der Waals surface area contributed by atoms with E-state index in [1.807, 2.05) is 0 Å². The van der Waals surface area contributed by atoms with Crippen LogP contribution in [0.5, 0.6) is 0 Å². The minimum Gasteiger partial charge on any atom is -0.239 e. The summed E-state index contributed by atoms with van der Waals surface area (Å²) in [4.78, 5) is 8.21. The molecule has 1 heterocycles. The Hall–Kier alpha value is -0.630. The van der Waals surface area contributed by atoms with E-state index in [1.165, 1.54) is 0 Å². The zero-order valence-electron chi connectivity index (χ0n) is 6.93. The summed E-state index contributed by atoms with van der Waals surface area (Å²) in [5, 5.41) is 0.581. The van der Waals surface area contributed by atoms with Gasteiger partial charge in [0.1, 0.15) is 5.82 Å². The zero-order chi connectivity index (χ0) is 8.48. The Morgan fingerprint density at radius 2 is 1.64 bits per heavy atom. The summed E-state index contributed by atoms with van der Waals surface area (Å²) in [7, 11) is 0. The number of nitrogens with zero attached hydrogens (tertiary/aromatic N) is 2. The van der Waals surface area contributed by atoms with E-state index < -0.39 is 0 Å². The van der Waals surface area contributed by atoms with Crippen molar-refractivity contribution in [2.45, 2.75) is 26.2 Å². The highest BCUT2D eigenvalue weighted by Crippen LogP contribution is 2.17. The quantitative estimate of drug-likeness (QED) is 0.598. The average Bonchev–Trinajstić information content (AvgIpc) is 1.86. The summed E-state index contributed by atoms with van der Waals surface area (Å²) < 4.78 is 0. The third-order valence-corrected chi connectivity index (χ3v) is 1.49. The van der Waals surface area contributed by atoms with Crippen LogP contribution in [0.25, 0.3) is 0 Å². The fraction of sp³-hybridized carbons (Fsp3) is 0.500. The minimum absolute atomic E-state index is 0.00455. The third-order valence-electron chi connectivity index (χ3n) is 1.29. The van der Waals surface area contributed by atoms with Crippen molar-refractivity contribution >= 4 is 11.6 Å². The standard InChI is InChI=1S/C8H11ClN2/c1-8(2,3)7-10-4-6(9)5-11-7/h4-5H,1-3H3. The molecule has 0 aliphatic rings. The monoisotopic (exact) mass is 170 g/mol. The van der Waals surface area contributed by atoms with Gasteiger partial charge in [0.05, 0.1) is 5.02 Å². The Morgan fingerprint density at radius 3 is 2.00 bits per heavy atom. The second kappa shape index (κ2) is 2.78. The van der Waals surface area contributed by atoms with Crippen molar-refractivity contribution in [1.82, 2.24) is 9.97 Å². The van der Waals surface area contributed by atoms with Gasteiger partial charge in [0, 0.05) is 17.8 Å². The normalized spacial score (nSPS) is 11.6. The van der Waals surface area contributed by atoms with Gasteiger partial charge < -0.3 is 0 Å². The molecule has 0 aliphatic carbocycles. The summed E-state index contributed by atoms with van der Waals surface area (Å²) in [6.07, 6.45) is 3.24. The number of hydrogen-bond donors (Lipinski definition) is 0. The van der Waals surface area contributed by atoms with Crippen molar-refractivity contribution < 1.29 is 0 Å². The topological polar surface area (TPSA) is 25.8 Å². The molecule has 0 amide bonds. The summed E-state index contributed by atoms with van der Waals surface area (Å²) in [5.41, 5.74) is 0.00455. The number of hydrogen-bond acceptors (Lipinski definition) is 2. The molecule has 2 nitrogen and oxygen atoms in total. The molecule has 0 aromatic carbocycles. The lowest BCUT2D eigenvalue weighted by Crippen LogP contribution is -2.15. The molecule has 0 fully saturated rings. The van der Waals surface area contributed by atoms with Gasteiger partial charge in [-0.2, -0.15) is 0 Å². The van der Waals surface area contributed by atoms with Crippen molar-refractivity contribution in [2.24, 2.45) is 0 Å². The van der Waals surface area contributed by atoms with E-state index in [2.05, 4.69) is 30.7 Å². The van der Waals surface area contributed by atoms with Crippen molar-refractivity contribution in [1.29, 1.82) is 0 Å². The molecule has 1 rings (SSSR count). The molecular formula is C8H11ClN2. The van der Waals surface area contributed by atoms with Crippen LogP contribution in [-0.2, 0) is 5.41 Å². The maximum absolute atomic E-state index is 5.64. The molecule has 0 atom stereocenters. The molecule has 0 radical (unpaired) electrons. The van der Waals surface area contributed by atoms with Gasteiger partial charge in [-0.05, 0) is 0 Å². The Balaban J connectivity index is 2.99. The lowest BCUT2D eigenvalue weighted by atomic mass is 9.96. The van der Waals surface area contributed by atoms with Crippen molar-refractivity contribution in [3.63, 3.8) is 0 Å². The van der Waals surface area contributed by atoms with E-state index in [-0.39, 0.29) is 5.41 Å². The fourth-order valence-electron chi connectivity index (χ4n) is 0.700. The van der Waals surface area contributed by atoms with Gasteiger partial charge in [-0.15, -0.1) is 0 Å². The van der Waals surface area contributed by atoms with Crippen molar-refractivity contribution in [3.05, 3.63) is 23.2 Å². The molecule has 0 aliphatic heterocycles. The smallest absolute Gasteiger partial charge is 0.133 e. The van der Waals surface area contributed by atoms with E-state index in [1.54, 1.807) is 12.4 Å². The summed E-state index contributed by atoms with van der Waals surface area (Å²) >= 11 is 5.64. The van der Waals surface area contributed by atoms with Crippen LogP contribution in [0, 0.1) is 0 Å². The maximum Gasteiger partial charge on any atom is 0.133 e. The first kappa shape index (κ1) is 8.47. The van der Waals surface area contributed by atoms with Crippen LogP contribution in [0.4, 0.5) is 0 Å². The molecule has 0 spiro atoms. The van der Waals surface area contributed by atoms with Gasteiger partial charge in [0.25, 0.3) is 0 Å². The number of halogens is 1. The number of rotatable bonds is 0. The zero-order valence-corrected chi connectivity index (χ0v) is 7.68. The van der Waals surface area contributed by atoms with Crippen LogP contribution in [0.1, 0.15) is 26.6 Å². The predicted molar refractivity (Wildman–Crippen MR) is 45.7 cm³/mol. The Morgan fingerprint density at radius 1 is 1.18 bits per heavy atom. The third kappa shape index (κ3) is 2.15. The molecule has 1 aromatic rings. The molecule has 60 valence electrons. The SMILES string of the molecule is CC(C)(C)c1ncc(Cl)cn1. The number of aromatic nitrogens is 2. The minimum atomic E-state index is 0.00455. The first-order valence-electron chi connectivity index (χ1n) is 3.48. The molecular weight excluding hydrogens is 160 g/mol. The lowest BCUT2D eigenvalue weighted by Gasteiger charge is -2.15. The first-order valence-corrected chi connectivity index (χ1v) is 3.86. The molecule has 3 heteroatoms. The van der Waals surface area contributed by atoms with E-state index >= 15 is 0 Å². The Kier molecular flexibility index (Phi) is 2.14. The van der Waals surface area contributed by atoms with E-state index in [9.17, 15) is 0 Å². The lowest BCUT2D eigenvalue weighted by molar-refractivity contribution is 0.545. The van der Waals surface area contributed by atoms with Gasteiger partial charge >= 0.3 is 0 Å². The summed E-state index contributed by atoms with van der Waals surface area (Å²) in [6, 6.07) is 0. The molecule has 0 bridgehead atoms. The van der Waals surface area contributed by atoms with Gasteiger partial charge in [-0.25, -0.2) is 9.97 Å². The van der Waals surface area contributed by atoms with Crippen LogP contribution in [0.15, 0.2) is 12.4 Å². The highest BCUT2D eigenvalue weighted by atomic mass is 35.5. The molecule has 11 heavy (non-hydrogen) atoms. The summed E-state index contributed by atoms with van der Waals surface area (Å²) in [6.45, 7) is 6.20. The summed E-state index contributed by atoms with van der Waals surface area (Å²) in [5.74, 6) is 0.821. The van der Waals surface area contributed by atoms with E-state index in [4.69, 9.17) is 11.6 Å². The van der Waals surface area contributed by atoms with E-state index in [0.29, 0.717) is 5.02 Å². The van der Waals surface area contributed by atoms with Gasteiger partial charge in [0.2, 0.25) is 0 Å². The van der Waals surface area contributed by atoms with Crippen molar-refractivity contribution in [2.75, 3.05) is 0 Å². The highest BCUT2D eigenvalue weighted by Gasteiger charge is 2.16. The van der Waals surface area contributed by atoms with Crippen LogP contribution < -0.4 is 0 Å². The molecule has 0 saturated carbocycles. The average molecular weight is 171 g/mol. The first-order chi connectivity index (χ1) is 5.00. The molecule has 0 saturated heterocycles. The highest BCUT2D eigenvalue weighted by molar-refractivity contribution is 6.30. The van der Waals surface area contributed by atoms with Crippen LogP contribution in [0.3, 0.4) is 0 Å². The Labute approximate surface area is 71.6 Å². The van der Waals surface area contributed by atoms with Crippen LogP contribution in [-0.4, -0.2) is 9.97 Å².